The fourth-order valence-corrected chi connectivity index (χ4v) is 4.08. The van der Waals surface area contributed by atoms with Crippen molar-refractivity contribution in [3.63, 3.8) is 0 Å². The maximum absolute atomic E-state index is 13.2. The van der Waals surface area contributed by atoms with E-state index in [1.165, 1.54) is 0 Å². The zero-order valence-electron chi connectivity index (χ0n) is 18.5. The average molecular weight is 432 g/mol. The highest BCUT2D eigenvalue weighted by Gasteiger charge is 2.30. The van der Waals surface area contributed by atoms with Crippen LogP contribution in [-0.4, -0.2) is 41.1 Å². The molecule has 0 spiro atoms. The lowest BCUT2D eigenvalue weighted by molar-refractivity contribution is -0.127. The molecule has 6 nitrogen and oxygen atoms in total. The number of ether oxygens (including phenoxy) is 1. The van der Waals surface area contributed by atoms with Crippen LogP contribution in [-0.2, 0) is 9.53 Å². The number of hydrogen-bond acceptors (Lipinski definition) is 4. The lowest BCUT2D eigenvalue weighted by Gasteiger charge is -2.32. The van der Waals surface area contributed by atoms with Crippen LogP contribution in [0.25, 0.3) is 10.9 Å². The Morgan fingerprint density at radius 2 is 1.66 bits per heavy atom. The molecular weight excluding hydrogens is 402 g/mol. The third-order valence-electron chi connectivity index (χ3n) is 5.80. The SMILES string of the molecule is CC(C)OC(=O)N1CCC(C(=O)NC(c2ccccc2)c2ccc3ccccc3n2)CC1. The van der Waals surface area contributed by atoms with Gasteiger partial charge in [0.15, 0.2) is 0 Å². The quantitative estimate of drug-likeness (QED) is 0.636. The third-order valence-corrected chi connectivity index (χ3v) is 5.80. The molecule has 3 aromatic rings. The molecule has 1 N–H and O–H groups in total. The monoisotopic (exact) mass is 431 g/mol. The van der Waals surface area contributed by atoms with Crippen LogP contribution in [0, 0.1) is 5.92 Å². The zero-order valence-corrected chi connectivity index (χ0v) is 18.5. The summed E-state index contributed by atoms with van der Waals surface area (Å²) in [4.78, 5) is 31.8. The first-order valence-electron chi connectivity index (χ1n) is 11.2. The van der Waals surface area contributed by atoms with E-state index >= 15 is 0 Å². The molecule has 1 aliphatic heterocycles. The van der Waals surface area contributed by atoms with E-state index in [1.54, 1.807) is 4.90 Å². The molecule has 4 rings (SSSR count). The van der Waals surface area contributed by atoms with E-state index in [-0.39, 0.29) is 30.1 Å². The van der Waals surface area contributed by atoms with Gasteiger partial charge in [-0.1, -0.05) is 54.6 Å². The molecule has 32 heavy (non-hydrogen) atoms. The number of hydrogen-bond donors (Lipinski definition) is 1. The highest BCUT2D eigenvalue weighted by molar-refractivity contribution is 5.81. The Bertz CT molecular complexity index is 1080. The Hall–Kier alpha value is -3.41. The maximum atomic E-state index is 13.2. The Balaban J connectivity index is 1.49. The first-order valence-corrected chi connectivity index (χ1v) is 11.2. The van der Waals surface area contributed by atoms with Gasteiger partial charge in [-0.25, -0.2) is 4.79 Å². The van der Waals surface area contributed by atoms with E-state index in [9.17, 15) is 9.59 Å². The largest absolute Gasteiger partial charge is 0.447 e. The number of aromatic nitrogens is 1. The molecule has 2 heterocycles. The molecular formula is C26H29N3O3. The van der Waals surface area contributed by atoms with Gasteiger partial charge in [0.1, 0.15) is 0 Å². The molecule has 1 unspecified atom stereocenters. The Labute approximate surface area is 188 Å². The van der Waals surface area contributed by atoms with Gasteiger partial charge < -0.3 is 15.0 Å². The first-order chi connectivity index (χ1) is 15.5. The number of amides is 2. The molecule has 2 amide bonds. The van der Waals surface area contributed by atoms with Crippen molar-refractivity contribution in [3.05, 3.63) is 78.0 Å². The van der Waals surface area contributed by atoms with E-state index in [2.05, 4.69) is 5.32 Å². The van der Waals surface area contributed by atoms with Crippen molar-refractivity contribution in [1.29, 1.82) is 0 Å². The molecule has 0 aliphatic carbocycles. The topological polar surface area (TPSA) is 71.5 Å². The van der Waals surface area contributed by atoms with Gasteiger partial charge >= 0.3 is 6.09 Å². The molecule has 1 aromatic heterocycles. The van der Waals surface area contributed by atoms with Crippen molar-refractivity contribution < 1.29 is 14.3 Å². The zero-order chi connectivity index (χ0) is 22.5. The van der Waals surface area contributed by atoms with Crippen LogP contribution < -0.4 is 5.32 Å². The number of nitrogens with zero attached hydrogens (tertiary/aromatic N) is 2. The molecule has 0 radical (unpaired) electrons. The summed E-state index contributed by atoms with van der Waals surface area (Å²) in [5.74, 6) is -0.157. The molecule has 1 saturated heterocycles. The summed E-state index contributed by atoms with van der Waals surface area (Å²) < 4.78 is 5.28. The number of nitrogens with one attached hydrogen (secondary N) is 1. The van der Waals surface area contributed by atoms with Gasteiger partial charge in [0.25, 0.3) is 0 Å². The second-order valence-corrected chi connectivity index (χ2v) is 8.47. The fraction of sp³-hybridized carbons (Fsp3) is 0.346. The number of para-hydroxylation sites is 1. The molecule has 0 saturated carbocycles. The van der Waals surface area contributed by atoms with Crippen LogP contribution >= 0.6 is 0 Å². The number of carbonyl (C=O) groups is 2. The minimum Gasteiger partial charge on any atom is -0.447 e. The van der Waals surface area contributed by atoms with Gasteiger partial charge in [-0.3, -0.25) is 9.78 Å². The first kappa shape index (κ1) is 21.8. The second-order valence-electron chi connectivity index (χ2n) is 8.47. The predicted molar refractivity (Wildman–Crippen MR) is 124 cm³/mol. The van der Waals surface area contributed by atoms with Crippen LogP contribution in [0.5, 0.6) is 0 Å². The second kappa shape index (κ2) is 9.81. The average Bonchev–Trinajstić information content (AvgIpc) is 2.82. The maximum Gasteiger partial charge on any atom is 0.410 e. The van der Waals surface area contributed by atoms with Gasteiger partial charge in [0, 0.05) is 24.4 Å². The number of piperidine rings is 1. The van der Waals surface area contributed by atoms with Gasteiger partial charge in [-0.15, -0.1) is 0 Å². The van der Waals surface area contributed by atoms with Crippen LogP contribution in [0.3, 0.4) is 0 Å². The number of likely N-dealkylation sites (tertiary alicyclic amines) is 1. The predicted octanol–water partition coefficient (Wildman–Crippen LogP) is 4.70. The van der Waals surface area contributed by atoms with E-state index < -0.39 is 0 Å². The summed E-state index contributed by atoms with van der Waals surface area (Å²) in [6.07, 6.45) is 0.781. The molecule has 1 aliphatic rings. The Kier molecular flexibility index (Phi) is 6.69. The van der Waals surface area contributed by atoms with Crippen molar-refractivity contribution in [2.75, 3.05) is 13.1 Å². The van der Waals surface area contributed by atoms with Gasteiger partial charge in [0.05, 0.1) is 23.4 Å². The van der Waals surface area contributed by atoms with Crippen molar-refractivity contribution in [3.8, 4) is 0 Å². The standard InChI is InChI=1S/C26H29N3O3/c1-18(2)32-26(31)29-16-14-21(15-17-29)25(30)28-24(20-9-4-3-5-10-20)23-13-12-19-8-6-7-11-22(19)27-23/h3-13,18,21,24H,14-17H2,1-2H3,(H,28,30). The summed E-state index contributed by atoms with van der Waals surface area (Å²) in [6, 6.07) is 21.6. The smallest absolute Gasteiger partial charge is 0.410 e. The lowest BCUT2D eigenvalue weighted by atomic mass is 9.94. The highest BCUT2D eigenvalue weighted by atomic mass is 16.6. The third kappa shape index (κ3) is 5.07. The van der Waals surface area contributed by atoms with Crippen LogP contribution in [0.4, 0.5) is 4.79 Å². The van der Waals surface area contributed by atoms with E-state index in [1.807, 2.05) is 80.6 Å². The number of fused-ring (bicyclic) bond motifs is 1. The molecule has 0 bridgehead atoms. The minimum atomic E-state index is -0.336. The highest BCUT2D eigenvalue weighted by Crippen LogP contribution is 2.25. The van der Waals surface area contributed by atoms with Crippen LogP contribution in [0.2, 0.25) is 0 Å². The molecule has 1 fully saturated rings. The van der Waals surface area contributed by atoms with Crippen molar-refractivity contribution in [2.45, 2.75) is 38.8 Å². The summed E-state index contributed by atoms with van der Waals surface area (Å²) in [5, 5.41) is 4.29. The molecule has 1 atom stereocenters. The Morgan fingerprint density at radius 1 is 0.969 bits per heavy atom. The summed E-state index contributed by atoms with van der Waals surface area (Å²) >= 11 is 0. The number of pyridine rings is 1. The summed E-state index contributed by atoms with van der Waals surface area (Å²) in [6.45, 7) is 4.72. The fourth-order valence-electron chi connectivity index (χ4n) is 4.08. The number of benzene rings is 2. The molecule has 166 valence electrons. The van der Waals surface area contributed by atoms with Gasteiger partial charge in [0.2, 0.25) is 5.91 Å². The molecule has 2 aromatic carbocycles. The number of rotatable bonds is 5. The van der Waals surface area contributed by atoms with E-state index in [0.717, 1.165) is 22.2 Å². The van der Waals surface area contributed by atoms with E-state index in [4.69, 9.17) is 9.72 Å². The van der Waals surface area contributed by atoms with Crippen molar-refractivity contribution in [2.24, 2.45) is 5.92 Å². The van der Waals surface area contributed by atoms with Crippen molar-refractivity contribution >= 4 is 22.9 Å². The minimum absolute atomic E-state index is 0.00862. The number of carbonyl (C=O) groups excluding carboxylic acids is 2. The molecule has 6 heteroatoms. The Morgan fingerprint density at radius 3 is 2.38 bits per heavy atom. The van der Waals surface area contributed by atoms with Gasteiger partial charge in [-0.05, 0) is 44.4 Å². The lowest BCUT2D eigenvalue weighted by Crippen LogP contribution is -2.44. The van der Waals surface area contributed by atoms with Gasteiger partial charge in [-0.2, -0.15) is 0 Å². The van der Waals surface area contributed by atoms with Crippen molar-refractivity contribution in [1.82, 2.24) is 15.2 Å². The normalized spacial score (nSPS) is 15.5. The summed E-state index contributed by atoms with van der Waals surface area (Å²) in [5.41, 5.74) is 2.69. The van der Waals surface area contributed by atoms with E-state index in [0.29, 0.717) is 25.9 Å². The van der Waals surface area contributed by atoms with Crippen LogP contribution in [0.15, 0.2) is 66.7 Å². The van der Waals surface area contributed by atoms with Crippen LogP contribution in [0.1, 0.15) is 44.0 Å². The summed E-state index contributed by atoms with van der Waals surface area (Å²) in [7, 11) is 0.